The SMILES string of the molecule is CC1(CCc2ccccc2)CCN(C(=O)C2CC(F)(F)CN2)C1.Cl. The van der Waals surface area contributed by atoms with Gasteiger partial charge in [0.15, 0.2) is 0 Å². The van der Waals surface area contributed by atoms with Gasteiger partial charge in [-0.2, -0.15) is 0 Å². The van der Waals surface area contributed by atoms with Crippen LogP contribution < -0.4 is 5.32 Å². The minimum Gasteiger partial charge on any atom is -0.341 e. The van der Waals surface area contributed by atoms with E-state index in [-0.39, 0.29) is 36.7 Å². The molecule has 6 heteroatoms. The van der Waals surface area contributed by atoms with Crippen LogP contribution in [0.2, 0.25) is 0 Å². The van der Waals surface area contributed by atoms with Crippen LogP contribution in [0.25, 0.3) is 0 Å². The Kier molecular flexibility index (Phi) is 5.87. The maximum absolute atomic E-state index is 13.3. The molecule has 1 aromatic carbocycles. The van der Waals surface area contributed by atoms with E-state index in [0.717, 1.165) is 19.3 Å². The molecule has 0 spiro atoms. The lowest BCUT2D eigenvalue weighted by molar-refractivity contribution is -0.133. The number of alkyl halides is 2. The Morgan fingerprint density at radius 1 is 1.33 bits per heavy atom. The third-order valence-electron chi connectivity index (χ3n) is 5.14. The zero-order valence-electron chi connectivity index (χ0n) is 13.9. The van der Waals surface area contributed by atoms with Crippen molar-refractivity contribution in [3.8, 4) is 0 Å². The first-order chi connectivity index (χ1) is 10.9. The van der Waals surface area contributed by atoms with Gasteiger partial charge >= 0.3 is 0 Å². The van der Waals surface area contributed by atoms with Gasteiger partial charge in [-0.05, 0) is 30.2 Å². The number of likely N-dealkylation sites (tertiary alicyclic amines) is 1. The maximum Gasteiger partial charge on any atom is 0.262 e. The maximum atomic E-state index is 13.3. The summed E-state index contributed by atoms with van der Waals surface area (Å²) in [7, 11) is 0. The fraction of sp³-hybridized carbons (Fsp3) is 0.611. The first-order valence-corrected chi connectivity index (χ1v) is 8.31. The van der Waals surface area contributed by atoms with Crippen molar-refractivity contribution in [1.29, 1.82) is 0 Å². The summed E-state index contributed by atoms with van der Waals surface area (Å²) in [5.74, 6) is -2.91. The summed E-state index contributed by atoms with van der Waals surface area (Å²) >= 11 is 0. The van der Waals surface area contributed by atoms with E-state index < -0.39 is 12.0 Å². The van der Waals surface area contributed by atoms with Gasteiger partial charge in [0.1, 0.15) is 0 Å². The molecule has 0 bridgehead atoms. The average molecular weight is 359 g/mol. The van der Waals surface area contributed by atoms with Crippen LogP contribution in [0.3, 0.4) is 0 Å². The fourth-order valence-corrected chi connectivity index (χ4v) is 3.62. The van der Waals surface area contributed by atoms with Crippen molar-refractivity contribution in [2.45, 2.75) is 44.6 Å². The van der Waals surface area contributed by atoms with Crippen molar-refractivity contribution in [2.24, 2.45) is 5.41 Å². The molecular formula is C18H25ClF2N2O. The van der Waals surface area contributed by atoms with E-state index in [1.165, 1.54) is 5.56 Å². The Labute approximate surface area is 148 Å². The van der Waals surface area contributed by atoms with Crippen molar-refractivity contribution in [2.75, 3.05) is 19.6 Å². The van der Waals surface area contributed by atoms with Crippen molar-refractivity contribution in [1.82, 2.24) is 10.2 Å². The van der Waals surface area contributed by atoms with Crippen molar-refractivity contribution >= 4 is 18.3 Å². The van der Waals surface area contributed by atoms with E-state index in [1.807, 2.05) is 18.2 Å². The number of halogens is 3. The summed E-state index contributed by atoms with van der Waals surface area (Å²) in [6.07, 6.45) is 2.56. The molecule has 2 saturated heterocycles. The number of nitrogens with zero attached hydrogens (tertiary/aromatic N) is 1. The highest BCUT2D eigenvalue weighted by molar-refractivity contribution is 5.85. The van der Waals surface area contributed by atoms with E-state index in [2.05, 4.69) is 24.4 Å². The Bertz CT molecular complexity index is 569. The highest BCUT2D eigenvalue weighted by Gasteiger charge is 2.45. The van der Waals surface area contributed by atoms with Crippen LogP contribution in [-0.2, 0) is 11.2 Å². The molecule has 2 fully saturated rings. The summed E-state index contributed by atoms with van der Waals surface area (Å²) in [6.45, 7) is 3.15. The summed E-state index contributed by atoms with van der Waals surface area (Å²) in [6, 6.07) is 9.59. The van der Waals surface area contributed by atoms with Gasteiger partial charge in [-0.3, -0.25) is 10.1 Å². The number of carbonyl (C=O) groups is 1. The second kappa shape index (κ2) is 7.36. The number of hydrogen-bond donors (Lipinski definition) is 1. The van der Waals surface area contributed by atoms with Gasteiger partial charge < -0.3 is 4.90 Å². The quantitative estimate of drug-likeness (QED) is 0.895. The molecule has 1 N–H and O–H groups in total. The number of aryl methyl sites for hydroxylation is 1. The van der Waals surface area contributed by atoms with Crippen LogP contribution in [0.1, 0.15) is 31.7 Å². The Morgan fingerprint density at radius 2 is 2.04 bits per heavy atom. The third kappa shape index (κ3) is 4.45. The number of rotatable bonds is 4. The molecule has 1 aromatic rings. The largest absolute Gasteiger partial charge is 0.341 e. The van der Waals surface area contributed by atoms with Gasteiger partial charge in [0.25, 0.3) is 5.92 Å². The van der Waals surface area contributed by atoms with Crippen molar-refractivity contribution in [3.05, 3.63) is 35.9 Å². The van der Waals surface area contributed by atoms with Gasteiger partial charge in [-0.15, -0.1) is 12.4 Å². The van der Waals surface area contributed by atoms with Crippen LogP contribution in [0.5, 0.6) is 0 Å². The van der Waals surface area contributed by atoms with E-state index >= 15 is 0 Å². The average Bonchev–Trinajstić information content (AvgIpc) is 3.09. The molecule has 0 aromatic heterocycles. The second-order valence-corrected chi connectivity index (χ2v) is 7.30. The molecule has 2 aliphatic rings. The molecule has 24 heavy (non-hydrogen) atoms. The minimum atomic E-state index is -2.75. The highest BCUT2D eigenvalue weighted by atomic mass is 35.5. The third-order valence-corrected chi connectivity index (χ3v) is 5.14. The smallest absolute Gasteiger partial charge is 0.262 e. The number of amides is 1. The van der Waals surface area contributed by atoms with Crippen LogP contribution in [0.15, 0.2) is 30.3 Å². The lowest BCUT2D eigenvalue weighted by Gasteiger charge is -2.26. The van der Waals surface area contributed by atoms with Crippen molar-refractivity contribution < 1.29 is 13.6 Å². The standard InChI is InChI=1S/C18H24F2N2O.ClH/c1-17(8-7-14-5-3-2-4-6-14)9-10-22(13-17)16(23)15-11-18(19,20)12-21-15;/h2-6,15,21H,7-13H2,1H3;1H. The highest BCUT2D eigenvalue weighted by Crippen LogP contribution is 2.36. The summed E-state index contributed by atoms with van der Waals surface area (Å²) < 4.78 is 26.5. The van der Waals surface area contributed by atoms with E-state index in [1.54, 1.807) is 4.90 Å². The number of nitrogens with one attached hydrogen (secondary N) is 1. The first kappa shape index (κ1) is 19.1. The molecule has 134 valence electrons. The molecule has 0 radical (unpaired) electrons. The van der Waals surface area contributed by atoms with Gasteiger partial charge in [0.05, 0.1) is 12.6 Å². The lowest BCUT2D eigenvalue weighted by Crippen LogP contribution is -2.43. The van der Waals surface area contributed by atoms with Crippen LogP contribution >= 0.6 is 12.4 Å². The molecular weight excluding hydrogens is 334 g/mol. The normalized spacial score (nSPS) is 28.6. The Morgan fingerprint density at radius 3 is 2.67 bits per heavy atom. The molecule has 2 aliphatic heterocycles. The van der Waals surface area contributed by atoms with Crippen LogP contribution in [0.4, 0.5) is 8.78 Å². The van der Waals surface area contributed by atoms with Gasteiger partial charge in [-0.1, -0.05) is 37.3 Å². The van der Waals surface area contributed by atoms with Gasteiger partial charge in [-0.25, -0.2) is 8.78 Å². The number of hydrogen-bond acceptors (Lipinski definition) is 2. The topological polar surface area (TPSA) is 32.3 Å². The molecule has 3 nitrogen and oxygen atoms in total. The van der Waals surface area contributed by atoms with Gasteiger partial charge in [0.2, 0.25) is 5.91 Å². The summed E-state index contributed by atoms with van der Waals surface area (Å²) in [4.78, 5) is 14.2. The first-order valence-electron chi connectivity index (χ1n) is 8.31. The lowest BCUT2D eigenvalue weighted by atomic mass is 9.83. The predicted molar refractivity (Wildman–Crippen MR) is 92.7 cm³/mol. The van der Waals surface area contributed by atoms with E-state index in [9.17, 15) is 13.6 Å². The minimum absolute atomic E-state index is 0. The molecule has 2 unspecified atom stereocenters. The summed E-state index contributed by atoms with van der Waals surface area (Å²) in [5.41, 5.74) is 1.38. The van der Waals surface area contributed by atoms with E-state index in [0.29, 0.717) is 13.1 Å². The molecule has 0 saturated carbocycles. The molecule has 1 amide bonds. The molecule has 0 aliphatic carbocycles. The Hall–Kier alpha value is -1.20. The Balaban J connectivity index is 0.00000208. The monoisotopic (exact) mass is 358 g/mol. The van der Waals surface area contributed by atoms with E-state index in [4.69, 9.17) is 0 Å². The molecule has 2 atom stereocenters. The molecule has 3 rings (SSSR count). The van der Waals surface area contributed by atoms with Gasteiger partial charge in [0, 0.05) is 19.5 Å². The number of benzene rings is 1. The van der Waals surface area contributed by atoms with Crippen molar-refractivity contribution in [3.63, 3.8) is 0 Å². The second-order valence-electron chi connectivity index (χ2n) is 7.30. The number of carbonyl (C=O) groups excluding carboxylic acids is 1. The molecule has 2 heterocycles. The summed E-state index contributed by atoms with van der Waals surface area (Å²) in [5, 5.41) is 2.67. The van der Waals surface area contributed by atoms with Crippen LogP contribution in [-0.4, -0.2) is 42.4 Å². The zero-order chi connectivity index (χ0) is 16.5. The fourth-order valence-electron chi connectivity index (χ4n) is 3.62. The zero-order valence-corrected chi connectivity index (χ0v) is 14.7. The van der Waals surface area contributed by atoms with Crippen LogP contribution in [0, 0.1) is 5.41 Å². The predicted octanol–water partition coefficient (Wildman–Crippen LogP) is 3.28.